The molecule has 1 aliphatic rings. The van der Waals surface area contributed by atoms with Crippen LogP contribution in [0.5, 0.6) is 0 Å². The van der Waals surface area contributed by atoms with Crippen molar-refractivity contribution in [1.82, 2.24) is 10.2 Å². The third-order valence-electron chi connectivity index (χ3n) is 3.50. The second-order valence-electron chi connectivity index (χ2n) is 6.77. The molecule has 1 fully saturated rings. The van der Waals surface area contributed by atoms with E-state index in [2.05, 4.69) is 44.8 Å². The Morgan fingerprint density at radius 3 is 2.56 bits per heavy atom. The Morgan fingerprint density at radius 1 is 1.31 bits per heavy atom. The summed E-state index contributed by atoms with van der Waals surface area (Å²) in [6.45, 7) is 16.6. The van der Waals surface area contributed by atoms with Crippen LogP contribution in [0.3, 0.4) is 0 Å². The van der Waals surface area contributed by atoms with Crippen LogP contribution in [0.15, 0.2) is 0 Å². The van der Waals surface area contributed by atoms with E-state index in [4.69, 9.17) is 0 Å². The van der Waals surface area contributed by atoms with Gasteiger partial charge < -0.3 is 10.2 Å². The van der Waals surface area contributed by atoms with Gasteiger partial charge in [-0.05, 0) is 43.8 Å². The van der Waals surface area contributed by atoms with Gasteiger partial charge in [-0.15, -0.1) is 0 Å². The zero-order chi connectivity index (χ0) is 12.2. The van der Waals surface area contributed by atoms with E-state index in [0.717, 1.165) is 5.92 Å². The monoisotopic (exact) mass is 226 g/mol. The van der Waals surface area contributed by atoms with E-state index in [9.17, 15) is 0 Å². The first-order valence-corrected chi connectivity index (χ1v) is 6.84. The zero-order valence-corrected chi connectivity index (χ0v) is 11.8. The highest BCUT2D eigenvalue weighted by Crippen LogP contribution is 2.19. The minimum atomic E-state index is 0.465. The Balaban J connectivity index is 2.40. The van der Waals surface area contributed by atoms with E-state index >= 15 is 0 Å². The molecule has 96 valence electrons. The molecular weight excluding hydrogens is 196 g/mol. The lowest BCUT2D eigenvalue weighted by molar-refractivity contribution is 0.211. The van der Waals surface area contributed by atoms with Crippen LogP contribution in [-0.2, 0) is 0 Å². The molecule has 1 rings (SSSR count). The highest BCUT2D eigenvalue weighted by molar-refractivity contribution is 4.79. The molecule has 0 radical (unpaired) electrons. The van der Waals surface area contributed by atoms with E-state index in [1.54, 1.807) is 0 Å². The molecule has 1 aliphatic heterocycles. The largest absolute Gasteiger partial charge is 0.312 e. The summed E-state index contributed by atoms with van der Waals surface area (Å²) in [5.74, 6) is 0.746. The van der Waals surface area contributed by atoms with Crippen molar-refractivity contribution in [2.75, 3.05) is 26.2 Å². The Bertz CT molecular complexity index is 193. The molecule has 1 N–H and O–H groups in total. The molecule has 1 heterocycles. The Hall–Kier alpha value is -0.0800. The van der Waals surface area contributed by atoms with Crippen molar-refractivity contribution >= 4 is 0 Å². The molecule has 1 unspecified atom stereocenters. The fourth-order valence-electron chi connectivity index (χ4n) is 2.17. The Morgan fingerprint density at radius 2 is 2.00 bits per heavy atom. The molecule has 2 heteroatoms. The predicted octanol–water partition coefficient (Wildman–Crippen LogP) is 2.74. The lowest BCUT2D eigenvalue weighted by Gasteiger charge is -2.29. The molecule has 0 bridgehead atoms. The average Bonchev–Trinajstić information content (AvgIpc) is 2.38. The van der Waals surface area contributed by atoms with Crippen LogP contribution in [0.25, 0.3) is 0 Å². The highest BCUT2D eigenvalue weighted by Gasteiger charge is 2.21. The zero-order valence-electron chi connectivity index (χ0n) is 11.8. The molecule has 2 nitrogen and oxygen atoms in total. The maximum absolute atomic E-state index is 3.67. The van der Waals surface area contributed by atoms with Gasteiger partial charge in [0.15, 0.2) is 0 Å². The SMILES string of the molecule is CC(C)C1CN(CCC(C)(C)C)CCCN1. The summed E-state index contributed by atoms with van der Waals surface area (Å²) >= 11 is 0. The van der Waals surface area contributed by atoms with Gasteiger partial charge in [0.25, 0.3) is 0 Å². The van der Waals surface area contributed by atoms with Crippen molar-refractivity contribution in [3.8, 4) is 0 Å². The third kappa shape index (κ3) is 5.31. The molecule has 0 saturated carbocycles. The Kier molecular flexibility index (Phi) is 5.26. The van der Waals surface area contributed by atoms with Crippen molar-refractivity contribution in [2.24, 2.45) is 11.3 Å². The molecule has 0 aromatic carbocycles. The smallest absolute Gasteiger partial charge is 0.0217 e. The van der Waals surface area contributed by atoms with Gasteiger partial charge in [-0.2, -0.15) is 0 Å². The topological polar surface area (TPSA) is 15.3 Å². The quantitative estimate of drug-likeness (QED) is 0.796. The van der Waals surface area contributed by atoms with E-state index in [-0.39, 0.29) is 0 Å². The summed E-state index contributed by atoms with van der Waals surface area (Å²) in [6, 6.07) is 0.683. The first-order chi connectivity index (χ1) is 7.38. The molecular formula is C14H30N2. The molecule has 1 atom stereocenters. The normalized spacial score (nSPS) is 24.8. The maximum Gasteiger partial charge on any atom is 0.0217 e. The van der Waals surface area contributed by atoms with Gasteiger partial charge in [0.05, 0.1) is 0 Å². The fourth-order valence-corrected chi connectivity index (χ4v) is 2.17. The van der Waals surface area contributed by atoms with Crippen LogP contribution in [0.2, 0.25) is 0 Å². The van der Waals surface area contributed by atoms with E-state index in [1.165, 1.54) is 39.0 Å². The minimum Gasteiger partial charge on any atom is -0.312 e. The van der Waals surface area contributed by atoms with Crippen molar-refractivity contribution in [2.45, 2.75) is 53.5 Å². The third-order valence-corrected chi connectivity index (χ3v) is 3.50. The summed E-state index contributed by atoms with van der Waals surface area (Å²) in [4.78, 5) is 2.65. The van der Waals surface area contributed by atoms with Gasteiger partial charge in [-0.25, -0.2) is 0 Å². The first-order valence-electron chi connectivity index (χ1n) is 6.84. The summed E-state index contributed by atoms with van der Waals surface area (Å²) in [6.07, 6.45) is 2.60. The van der Waals surface area contributed by atoms with Gasteiger partial charge in [-0.1, -0.05) is 34.6 Å². The highest BCUT2D eigenvalue weighted by atomic mass is 15.2. The van der Waals surface area contributed by atoms with Crippen LogP contribution in [0.4, 0.5) is 0 Å². The minimum absolute atomic E-state index is 0.465. The molecule has 0 aliphatic carbocycles. The van der Waals surface area contributed by atoms with Crippen LogP contribution in [0.1, 0.15) is 47.5 Å². The van der Waals surface area contributed by atoms with Crippen LogP contribution < -0.4 is 5.32 Å². The molecule has 16 heavy (non-hydrogen) atoms. The summed E-state index contributed by atoms with van der Waals surface area (Å²) in [7, 11) is 0. The molecule has 0 aromatic heterocycles. The van der Waals surface area contributed by atoms with Crippen LogP contribution >= 0.6 is 0 Å². The Labute approximate surface area is 102 Å². The second-order valence-corrected chi connectivity index (χ2v) is 6.77. The first kappa shape index (κ1) is 14.0. The fraction of sp³-hybridized carbons (Fsp3) is 1.00. The summed E-state index contributed by atoms with van der Waals surface area (Å²) in [5, 5.41) is 3.67. The number of nitrogens with zero attached hydrogens (tertiary/aromatic N) is 1. The van der Waals surface area contributed by atoms with Crippen molar-refractivity contribution in [1.29, 1.82) is 0 Å². The van der Waals surface area contributed by atoms with E-state index in [0.29, 0.717) is 11.5 Å². The van der Waals surface area contributed by atoms with E-state index in [1.807, 2.05) is 0 Å². The van der Waals surface area contributed by atoms with E-state index < -0.39 is 0 Å². The summed E-state index contributed by atoms with van der Waals surface area (Å²) < 4.78 is 0. The average molecular weight is 226 g/mol. The maximum atomic E-state index is 3.67. The molecule has 0 spiro atoms. The number of hydrogen-bond acceptors (Lipinski definition) is 2. The van der Waals surface area contributed by atoms with Gasteiger partial charge >= 0.3 is 0 Å². The second kappa shape index (κ2) is 6.02. The number of hydrogen-bond donors (Lipinski definition) is 1. The van der Waals surface area contributed by atoms with Crippen molar-refractivity contribution in [3.63, 3.8) is 0 Å². The van der Waals surface area contributed by atoms with Gasteiger partial charge in [0.1, 0.15) is 0 Å². The van der Waals surface area contributed by atoms with Crippen molar-refractivity contribution < 1.29 is 0 Å². The number of nitrogens with one attached hydrogen (secondary N) is 1. The lowest BCUT2D eigenvalue weighted by Crippen LogP contribution is -2.41. The molecule has 0 aromatic rings. The van der Waals surface area contributed by atoms with Crippen molar-refractivity contribution in [3.05, 3.63) is 0 Å². The van der Waals surface area contributed by atoms with Gasteiger partial charge in [-0.3, -0.25) is 0 Å². The van der Waals surface area contributed by atoms with Crippen LogP contribution in [-0.4, -0.2) is 37.1 Å². The molecule has 0 amide bonds. The summed E-state index contributed by atoms with van der Waals surface area (Å²) in [5.41, 5.74) is 0.465. The molecule has 1 saturated heterocycles. The van der Waals surface area contributed by atoms with Crippen LogP contribution in [0, 0.1) is 11.3 Å². The standard InChI is InChI=1S/C14H30N2/c1-12(2)13-11-16(9-6-8-15-13)10-7-14(3,4)5/h12-13,15H,6-11H2,1-5H3. The number of rotatable bonds is 3. The predicted molar refractivity (Wildman–Crippen MR) is 71.8 cm³/mol. The lowest BCUT2D eigenvalue weighted by atomic mass is 9.92. The van der Waals surface area contributed by atoms with Gasteiger partial charge in [0, 0.05) is 12.6 Å². The van der Waals surface area contributed by atoms with Gasteiger partial charge in [0.2, 0.25) is 0 Å².